The fourth-order valence-corrected chi connectivity index (χ4v) is 2.35. The largest absolute Gasteiger partial charge is 0.395 e. The van der Waals surface area contributed by atoms with Crippen LogP contribution in [0.1, 0.15) is 25.7 Å². The van der Waals surface area contributed by atoms with Crippen molar-refractivity contribution < 1.29 is 9.50 Å². The van der Waals surface area contributed by atoms with Gasteiger partial charge in [-0.1, -0.05) is 12.8 Å². The third-order valence-corrected chi connectivity index (χ3v) is 3.11. The van der Waals surface area contributed by atoms with Crippen LogP contribution in [0.25, 0.3) is 0 Å². The van der Waals surface area contributed by atoms with Crippen LogP contribution in [0.2, 0.25) is 0 Å². The van der Waals surface area contributed by atoms with Gasteiger partial charge in [-0.2, -0.15) is 0 Å². The summed E-state index contributed by atoms with van der Waals surface area (Å²) in [7, 11) is 0. The average molecular weight is 224 g/mol. The van der Waals surface area contributed by atoms with E-state index in [1.54, 1.807) is 6.07 Å². The number of halogens is 1. The summed E-state index contributed by atoms with van der Waals surface area (Å²) in [6.07, 6.45) is 5.97. The summed E-state index contributed by atoms with van der Waals surface area (Å²) in [6, 6.07) is 3.55. The first-order valence-corrected chi connectivity index (χ1v) is 5.80. The van der Waals surface area contributed by atoms with Crippen LogP contribution in [0, 0.1) is 5.82 Å². The molecule has 88 valence electrons. The molecule has 1 N–H and O–H groups in total. The quantitative estimate of drug-likeness (QED) is 0.849. The van der Waals surface area contributed by atoms with Gasteiger partial charge in [0.2, 0.25) is 0 Å². The third kappa shape index (κ3) is 2.50. The van der Waals surface area contributed by atoms with E-state index in [4.69, 9.17) is 5.11 Å². The van der Waals surface area contributed by atoms with E-state index < -0.39 is 0 Å². The molecule has 2 rings (SSSR count). The van der Waals surface area contributed by atoms with E-state index in [1.807, 2.05) is 0 Å². The maximum absolute atomic E-state index is 12.8. The van der Waals surface area contributed by atoms with Crippen LogP contribution in [0.5, 0.6) is 0 Å². The second-order valence-electron chi connectivity index (χ2n) is 4.19. The van der Waals surface area contributed by atoms with Crippen LogP contribution in [0.4, 0.5) is 10.2 Å². The third-order valence-electron chi connectivity index (χ3n) is 3.11. The van der Waals surface area contributed by atoms with Crippen LogP contribution < -0.4 is 4.90 Å². The SMILES string of the molecule is OCCN(c1ccc(F)cn1)C1CCCC1. The van der Waals surface area contributed by atoms with Gasteiger partial charge in [0.25, 0.3) is 0 Å². The van der Waals surface area contributed by atoms with E-state index in [1.165, 1.54) is 25.1 Å². The van der Waals surface area contributed by atoms with Gasteiger partial charge < -0.3 is 10.0 Å². The Morgan fingerprint density at radius 1 is 1.38 bits per heavy atom. The van der Waals surface area contributed by atoms with Crippen LogP contribution >= 0.6 is 0 Å². The second-order valence-corrected chi connectivity index (χ2v) is 4.19. The molecule has 0 saturated heterocycles. The fraction of sp³-hybridized carbons (Fsp3) is 0.583. The van der Waals surface area contributed by atoms with Gasteiger partial charge in [-0.05, 0) is 25.0 Å². The summed E-state index contributed by atoms with van der Waals surface area (Å²) in [4.78, 5) is 6.17. The number of aliphatic hydroxyl groups excluding tert-OH is 1. The van der Waals surface area contributed by atoms with Crippen molar-refractivity contribution >= 4 is 5.82 Å². The second kappa shape index (κ2) is 5.25. The van der Waals surface area contributed by atoms with Crippen LogP contribution in [-0.2, 0) is 0 Å². The minimum Gasteiger partial charge on any atom is -0.395 e. The van der Waals surface area contributed by atoms with Crippen LogP contribution in [0.3, 0.4) is 0 Å². The standard InChI is InChI=1S/C12H17FN2O/c13-10-5-6-12(14-9-10)15(7-8-16)11-3-1-2-4-11/h5-6,9,11,16H,1-4,7-8H2. The number of anilines is 1. The Balaban J connectivity index is 2.14. The molecule has 0 radical (unpaired) electrons. The van der Waals surface area contributed by atoms with Gasteiger partial charge >= 0.3 is 0 Å². The first-order valence-electron chi connectivity index (χ1n) is 5.80. The predicted octanol–water partition coefficient (Wildman–Crippen LogP) is 1.96. The maximum atomic E-state index is 12.8. The Kier molecular flexibility index (Phi) is 3.72. The molecule has 1 aromatic heterocycles. The number of aromatic nitrogens is 1. The van der Waals surface area contributed by atoms with E-state index in [0.717, 1.165) is 18.7 Å². The smallest absolute Gasteiger partial charge is 0.141 e. The van der Waals surface area contributed by atoms with Gasteiger partial charge in [0.05, 0.1) is 12.8 Å². The van der Waals surface area contributed by atoms with Crippen molar-refractivity contribution in [3.63, 3.8) is 0 Å². The van der Waals surface area contributed by atoms with Crippen molar-refractivity contribution in [2.45, 2.75) is 31.7 Å². The highest BCUT2D eigenvalue weighted by atomic mass is 19.1. The molecule has 16 heavy (non-hydrogen) atoms. The first-order chi connectivity index (χ1) is 7.81. The first kappa shape index (κ1) is 11.3. The highest BCUT2D eigenvalue weighted by Crippen LogP contribution is 2.26. The molecule has 1 fully saturated rings. The Morgan fingerprint density at radius 2 is 2.12 bits per heavy atom. The Morgan fingerprint density at radius 3 is 2.69 bits per heavy atom. The molecule has 0 aromatic carbocycles. The number of hydrogen-bond acceptors (Lipinski definition) is 3. The van der Waals surface area contributed by atoms with Gasteiger partial charge in [0.1, 0.15) is 11.6 Å². The van der Waals surface area contributed by atoms with E-state index in [9.17, 15) is 4.39 Å². The fourth-order valence-electron chi connectivity index (χ4n) is 2.35. The van der Waals surface area contributed by atoms with Crippen molar-refractivity contribution in [3.05, 3.63) is 24.1 Å². The molecule has 1 heterocycles. The van der Waals surface area contributed by atoms with Crippen LogP contribution in [0.15, 0.2) is 18.3 Å². The average Bonchev–Trinajstić information content (AvgIpc) is 2.81. The highest BCUT2D eigenvalue weighted by molar-refractivity contribution is 5.39. The zero-order valence-corrected chi connectivity index (χ0v) is 9.27. The van der Waals surface area contributed by atoms with Gasteiger partial charge in [-0.25, -0.2) is 9.37 Å². The lowest BCUT2D eigenvalue weighted by molar-refractivity contribution is 0.297. The number of rotatable bonds is 4. The van der Waals surface area contributed by atoms with Gasteiger partial charge in [-0.3, -0.25) is 0 Å². The Hall–Kier alpha value is -1.16. The highest BCUT2D eigenvalue weighted by Gasteiger charge is 2.23. The number of aliphatic hydroxyl groups is 1. The van der Waals surface area contributed by atoms with Crippen LogP contribution in [-0.4, -0.2) is 29.3 Å². The van der Waals surface area contributed by atoms with Crippen molar-refractivity contribution in [1.29, 1.82) is 0 Å². The summed E-state index contributed by atoms with van der Waals surface area (Å²) < 4.78 is 12.8. The molecule has 0 aliphatic heterocycles. The molecule has 4 heteroatoms. The molecule has 1 aliphatic rings. The molecule has 1 saturated carbocycles. The van der Waals surface area contributed by atoms with E-state index in [2.05, 4.69) is 9.88 Å². The van der Waals surface area contributed by atoms with Gasteiger partial charge in [-0.15, -0.1) is 0 Å². The van der Waals surface area contributed by atoms with E-state index in [0.29, 0.717) is 12.6 Å². The zero-order chi connectivity index (χ0) is 11.4. The topological polar surface area (TPSA) is 36.4 Å². The molecule has 1 aromatic rings. The molecule has 0 bridgehead atoms. The summed E-state index contributed by atoms with van der Waals surface area (Å²) >= 11 is 0. The number of hydrogen-bond donors (Lipinski definition) is 1. The van der Waals surface area contributed by atoms with Gasteiger partial charge in [0.15, 0.2) is 0 Å². The minimum atomic E-state index is -0.320. The molecule has 3 nitrogen and oxygen atoms in total. The van der Waals surface area contributed by atoms with Crippen molar-refractivity contribution in [2.24, 2.45) is 0 Å². The number of nitrogens with zero attached hydrogens (tertiary/aromatic N) is 2. The minimum absolute atomic E-state index is 0.107. The molecule has 0 spiro atoms. The van der Waals surface area contributed by atoms with Crippen molar-refractivity contribution in [3.8, 4) is 0 Å². The summed E-state index contributed by atoms with van der Waals surface area (Å²) in [5.74, 6) is 0.446. The Bertz CT molecular complexity index is 322. The normalized spacial score (nSPS) is 16.6. The van der Waals surface area contributed by atoms with Crippen molar-refractivity contribution in [2.75, 3.05) is 18.1 Å². The molecule has 0 atom stereocenters. The monoisotopic (exact) mass is 224 g/mol. The lowest BCUT2D eigenvalue weighted by Crippen LogP contribution is -2.36. The summed E-state index contributed by atoms with van der Waals surface area (Å²) in [5.41, 5.74) is 0. The molecular formula is C12H17FN2O. The lowest BCUT2D eigenvalue weighted by atomic mass is 10.2. The summed E-state index contributed by atoms with van der Waals surface area (Å²) in [6.45, 7) is 0.679. The predicted molar refractivity (Wildman–Crippen MR) is 60.9 cm³/mol. The molecule has 0 amide bonds. The molecule has 1 aliphatic carbocycles. The zero-order valence-electron chi connectivity index (χ0n) is 9.27. The van der Waals surface area contributed by atoms with Crippen molar-refractivity contribution in [1.82, 2.24) is 4.98 Å². The molecular weight excluding hydrogens is 207 g/mol. The van der Waals surface area contributed by atoms with E-state index >= 15 is 0 Å². The van der Waals surface area contributed by atoms with Gasteiger partial charge in [0, 0.05) is 12.6 Å². The maximum Gasteiger partial charge on any atom is 0.141 e. The molecule has 0 unspecified atom stereocenters. The lowest BCUT2D eigenvalue weighted by Gasteiger charge is -2.29. The number of pyridine rings is 1. The summed E-state index contributed by atoms with van der Waals surface area (Å²) in [5, 5.41) is 9.07. The Labute approximate surface area is 94.9 Å². The van der Waals surface area contributed by atoms with E-state index in [-0.39, 0.29) is 12.4 Å².